The van der Waals surface area contributed by atoms with Crippen molar-refractivity contribution in [3.63, 3.8) is 0 Å². The van der Waals surface area contributed by atoms with Gasteiger partial charge in [0.15, 0.2) is 6.10 Å². The van der Waals surface area contributed by atoms with Crippen LogP contribution in [0, 0.1) is 0 Å². The topological polar surface area (TPSA) is 153 Å². The molecule has 1 atom stereocenters. The van der Waals surface area contributed by atoms with Crippen molar-refractivity contribution in [2.45, 2.75) is 12.5 Å². The van der Waals surface area contributed by atoms with E-state index in [9.17, 15) is 9.59 Å². The molecule has 3 rings (SSSR count). The summed E-state index contributed by atoms with van der Waals surface area (Å²) in [4.78, 5) is 22.6. The second-order valence-electron chi connectivity index (χ2n) is 5.60. The third kappa shape index (κ3) is 6.34. The van der Waals surface area contributed by atoms with E-state index >= 15 is 0 Å². The van der Waals surface area contributed by atoms with Gasteiger partial charge in [0.25, 0.3) is 0 Å². The van der Waals surface area contributed by atoms with E-state index in [2.05, 4.69) is 15.6 Å². The molecule has 5 N–H and O–H groups in total. The third-order valence-corrected chi connectivity index (χ3v) is 3.61. The lowest BCUT2D eigenvalue weighted by molar-refractivity contribution is -0.151. The summed E-state index contributed by atoms with van der Waals surface area (Å²) in [7, 11) is 0. The Hall–Kier alpha value is -3.50. The maximum Gasteiger partial charge on any atom is 0.333 e. The van der Waals surface area contributed by atoms with Crippen molar-refractivity contribution in [1.29, 1.82) is 0 Å². The Bertz CT molecular complexity index is 900. The van der Waals surface area contributed by atoms with Crippen LogP contribution >= 0.6 is 0 Å². The number of nitrogens with zero attached hydrogens (tertiary/aromatic N) is 3. The predicted molar refractivity (Wildman–Crippen MR) is 99.4 cm³/mol. The minimum atomic E-state index is -1.07. The van der Waals surface area contributed by atoms with E-state index in [-0.39, 0.29) is 25.6 Å². The van der Waals surface area contributed by atoms with Crippen LogP contribution in [0.15, 0.2) is 54.6 Å². The number of nitrogens with two attached hydrogens (primary N) is 1. The summed E-state index contributed by atoms with van der Waals surface area (Å²) in [5.74, 6) is -1.46. The molecule has 2 aromatic carbocycles. The van der Waals surface area contributed by atoms with Gasteiger partial charge in [0, 0.05) is 6.42 Å². The highest BCUT2D eigenvalue weighted by Gasteiger charge is 2.18. The van der Waals surface area contributed by atoms with E-state index in [1.54, 1.807) is 12.1 Å². The van der Waals surface area contributed by atoms with Gasteiger partial charge in [-0.1, -0.05) is 47.3 Å². The third-order valence-electron chi connectivity index (χ3n) is 3.61. The lowest BCUT2D eigenvalue weighted by Crippen LogP contribution is -2.36. The standard InChI is InChI=1S/C12H16N2O4.C6H5N3O/c13-7-11(15)14-8-18-10(12(16)17)6-9-4-2-1-3-5-9;10-9-6-4-2-1-3-5(6)7-8-9/h1-5,10H,6-8,13H2,(H,14,15)(H,16,17);1-4,10H. The molecule has 0 spiro atoms. The molecule has 148 valence electrons. The van der Waals surface area contributed by atoms with Crippen LogP contribution in [0.2, 0.25) is 0 Å². The van der Waals surface area contributed by atoms with Crippen molar-refractivity contribution in [2.75, 3.05) is 13.3 Å². The smallest absolute Gasteiger partial charge is 0.333 e. The number of ether oxygens (including phenoxy) is 1. The fraction of sp³-hybridized carbons (Fsp3) is 0.222. The number of aliphatic carboxylic acids is 1. The quantitative estimate of drug-likeness (QED) is 0.336. The van der Waals surface area contributed by atoms with E-state index in [0.717, 1.165) is 10.4 Å². The second-order valence-corrected chi connectivity index (χ2v) is 5.60. The van der Waals surface area contributed by atoms with Gasteiger partial charge in [0.05, 0.1) is 6.54 Å². The molecule has 0 bridgehead atoms. The average molecular weight is 387 g/mol. The molecule has 1 amide bonds. The second kappa shape index (κ2) is 10.6. The van der Waals surface area contributed by atoms with Gasteiger partial charge in [-0.2, -0.15) is 0 Å². The van der Waals surface area contributed by atoms with Crippen LogP contribution < -0.4 is 11.1 Å². The van der Waals surface area contributed by atoms with Crippen LogP contribution in [0.5, 0.6) is 0 Å². The number of para-hydroxylation sites is 1. The fourth-order valence-electron chi connectivity index (χ4n) is 2.20. The number of carboxylic acids is 1. The van der Waals surface area contributed by atoms with Crippen molar-refractivity contribution < 1.29 is 24.6 Å². The highest BCUT2D eigenvalue weighted by Crippen LogP contribution is 2.07. The number of hydrogen-bond acceptors (Lipinski definition) is 7. The normalized spacial score (nSPS) is 11.3. The first-order chi connectivity index (χ1) is 13.5. The van der Waals surface area contributed by atoms with Crippen molar-refractivity contribution in [3.05, 3.63) is 60.2 Å². The number of carboxylic acid groups (broad SMARTS) is 1. The van der Waals surface area contributed by atoms with E-state index in [0.29, 0.717) is 11.0 Å². The zero-order chi connectivity index (χ0) is 20.4. The van der Waals surface area contributed by atoms with Crippen LogP contribution in [-0.2, 0) is 20.7 Å². The highest BCUT2D eigenvalue weighted by molar-refractivity contribution is 5.77. The van der Waals surface area contributed by atoms with Crippen LogP contribution in [0.25, 0.3) is 11.0 Å². The minimum absolute atomic E-state index is 0.153. The Kier molecular flexibility index (Phi) is 7.88. The zero-order valence-corrected chi connectivity index (χ0v) is 14.9. The van der Waals surface area contributed by atoms with Crippen LogP contribution in [0.3, 0.4) is 0 Å². The molecule has 0 aliphatic carbocycles. The summed E-state index contributed by atoms with van der Waals surface area (Å²) in [5.41, 5.74) is 7.27. The molecular formula is C18H21N5O5. The summed E-state index contributed by atoms with van der Waals surface area (Å²) < 4.78 is 5.09. The lowest BCUT2D eigenvalue weighted by Gasteiger charge is -2.14. The molecule has 10 heteroatoms. The summed E-state index contributed by atoms with van der Waals surface area (Å²) in [6.45, 7) is -0.320. The number of carbonyl (C=O) groups excluding carboxylic acids is 1. The molecule has 0 radical (unpaired) electrons. The Morgan fingerprint density at radius 3 is 2.46 bits per heavy atom. The zero-order valence-electron chi connectivity index (χ0n) is 14.9. The number of fused-ring (bicyclic) bond motifs is 1. The first-order valence-electron chi connectivity index (χ1n) is 8.36. The van der Waals surface area contributed by atoms with Gasteiger partial charge in [-0.15, -0.1) is 5.10 Å². The Labute approximate surface area is 160 Å². The lowest BCUT2D eigenvalue weighted by atomic mass is 10.1. The molecule has 28 heavy (non-hydrogen) atoms. The molecule has 1 aromatic heterocycles. The number of rotatable bonds is 7. The summed E-state index contributed by atoms with van der Waals surface area (Å²) in [6, 6.07) is 16.3. The Morgan fingerprint density at radius 2 is 1.82 bits per heavy atom. The number of benzene rings is 2. The van der Waals surface area contributed by atoms with E-state index in [1.165, 1.54) is 0 Å². The summed E-state index contributed by atoms with van der Waals surface area (Å²) in [5, 5.41) is 27.4. The highest BCUT2D eigenvalue weighted by atomic mass is 16.5. The number of amides is 1. The molecule has 0 aliphatic heterocycles. The molecule has 10 nitrogen and oxygen atoms in total. The number of aromatic nitrogens is 3. The predicted octanol–water partition coefficient (Wildman–Crippen LogP) is 0.400. The molecule has 1 heterocycles. The van der Waals surface area contributed by atoms with E-state index in [4.69, 9.17) is 20.8 Å². The van der Waals surface area contributed by atoms with Crippen molar-refractivity contribution in [3.8, 4) is 0 Å². The summed E-state index contributed by atoms with van der Waals surface area (Å²) in [6.07, 6.45) is -0.750. The SMILES string of the molecule is NCC(=O)NCOC(Cc1ccccc1)C(=O)O.On1nnc2ccccc21. The van der Waals surface area contributed by atoms with Crippen molar-refractivity contribution in [2.24, 2.45) is 5.73 Å². The van der Waals surface area contributed by atoms with Gasteiger partial charge in [-0.05, 0) is 22.9 Å². The minimum Gasteiger partial charge on any atom is -0.479 e. The monoisotopic (exact) mass is 387 g/mol. The van der Waals surface area contributed by atoms with Gasteiger partial charge >= 0.3 is 5.97 Å². The molecule has 0 saturated carbocycles. The number of nitrogens with one attached hydrogen (secondary N) is 1. The molecule has 3 aromatic rings. The summed E-state index contributed by atoms with van der Waals surface area (Å²) >= 11 is 0. The first kappa shape index (κ1) is 20.8. The molecular weight excluding hydrogens is 366 g/mol. The molecule has 0 saturated heterocycles. The Balaban J connectivity index is 0.000000233. The van der Waals surface area contributed by atoms with Crippen LogP contribution in [0.1, 0.15) is 5.56 Å². The van der Waals surface area contributed by atoms with E-state index in [1.807, 2.05) is 42.5 Å². The van der Waals surface area contributed by atoms with Gasteiger partial charge in [0.1, 0.15) is 17.8 Å². The number of hydrogen-bond donors (Lipinski definition) is 4. The van der Waals surface area contributed by atoms with Gasteiger partial charge in [-0.3, -0.25) is 4.79 Å². The van der Waals surface area contributed by atoms with Crippen LogP contribution in [0.4, 0.5) is 0 Å². The molecule has 0 aliphatic rings. The van der Waals surface area contributed by atoms with E-state index < -0.39 is 12.1 Å². The van der Waals surface area contributed by atoms with Gasteiger partial charge in [-0.25, -0.2) is 4.79 Å². The van der Waals surface area contributed by atoms with Gasteiger partial charge in [0.2, 0.25) is 5.91 Å². The molecule has 0 fully saturated rings. The van der Waals surface area contributed by atoms with Gasteiger partial charge < -0.3 is 26.1 Å². The van der Waals surface area contributed by atoms with Crippen molar-refractivity contribution >= 4 is 22.9 Å². The largest absolute Gasteiger partial charge is 0.479 e. The maximum absolute atomic E-state index is 11.0. The maximum atomic E-state index is 11.0. The first-order valence-corrected chi connectivity index (χ1v) is 8.36. The average Bonchev–Trinajstić information content (AvgIpc) is 3.09. The number of carbonyl (C=O) groups is 2. The fourth-order valence-corrected chi connectivity index (χ4v) is 2.20. The van der Waals surface area contributed by atoms with Crippen molar-refractivity contribution in [1.82, 2.24) is 20.5 Å². The Morgan fingerprint density at radius 1 is 1.14 bits per heavy atom. The van der Waals surface area contributed by atoms with Crippen LogP contribution in [-0.4, -0.2) is 56.7 Å². The molecule has 1 unspecified atom stereocenters.